The molecule has 2 amide bonds. The molecular weight excluding hydrogens is 502 g/mol. The first kappa shape index (κ1) is 27.1. The van der Waals surface area contributed by atoms with Gasteiger partial charge in [-0.05, 0) is 56.2 Å². The summed E-state index contributed by atoms with van der Waals surface area (Å²) < 4.78 is 1.29. The topological polar surface area (TPSA) is 99.0 Å². The van der Waals surface area contributed by atoms with Crippen molar-refractivity contribution in [3.05, 3.63) is 95.1 Å². The Labute approximate surface area is 234 Å². The summed E-state index contributed by atoms with van der Waals surface area (Å²) in [4.78, 5) is 32.9. The van der Waals surface area contributed by atoms with Gasteiger partial charge in [0.2, 0.25) is 5.88 Å². The number of amides is 2. The third kappa shape index (κ3) is 5.22. The zero-order valence-corrected chi connectivity index (χ0v) is 23.3. The molecule has 0 spiro atoms. The Balaban J connectivity index is 1.60. The number of piperazine rings is 1. The number of hydrogen-bond acceptors (Lipinski definition) is 5. The van der Waals surface area contributed by atoms with E-state index in [2.05, 4.69) is 24.5 Å². The van der Waals surface area contributed by atoms with E-state index in [0.29, 0.717) is 41.1 Å². The number of rotatable bonds is 5. The van der Waals surface area contributed by atoms with Crippen LogP contribution in [0.5, 0.6) is 5.88 Å². The Bertz CT molecular complexity index is 1560. The average Bonchev–Trinajstić information content (AvgIpc) is 3.25. The first-order valence-electron chi connectivity index (χ1n) is 13.7. The van der Waals surface area contributed by atoms with E-state index in [4.69, 9.17) is 4.99 Å². The molecule has 0 aliphatic carbocycles. The van der Waals surface area contributed by atoms with E-state index >= 15 is 0 Å². The predicted octanol–water partition coefficient (Wildman–Crippen LogP) is 5.09. The molecule has 1 aliphatic rings. The number of aryl methyl sites for hydroxylation is 1. The quantitative estimate of drug-likeness (QED) is 0.309. The van der Waals surface area contributed by atoms with Gasteiger partial charge in [-0.25, -0.2) is 14.4 Å². The molecule has 0 bridgehead atoms. The second-order valence-electron chi connectivity index (χ2n) is 10.3. The minimum absolute atomic E-state index is 0.00275. The van der Waals surface area contributed by atoms with Crippen LogP contribution < -0.4 is 10.6 Å². The van der Waals surface area contributed by atoms with Crippen molar-refractivity contribution in [3.8, 4) is 5.88 Å². The molecule has 3 N–H and O–H groups in total. The Morgan fingerprint density at radius 1 is 0.975 bits per heavy atom. The predicted molar refractivity (Wildman–Crippen MR) is 159 cm³/mol. The van der Waals surface area contributed by atoms with E-state index in [-0.39, 0.29) is 23.9 Å². The molecule has 4 aromatic rings. The van der Waals surface area contributed by atoms with E-state index in [0.717, 1.165) is 22.9 Å². The summed E-state index contributed by atoms with van der Waals surface area (Å²) in [6.45, 7) is 7.53. The van der Waals surface area contributed by atoms with Crippen molar-refractivity contribution >= 4 is 34.2 Å². The first-order chi connectivity index (χ1) is 19.3. The fourth-order valence-corrected chi connectivity index (χ4v) is 5.43. The van der Waals surface area contributed by atoms with Gasteiger partial charge < -0.3 is 20.6 Å². The lowest BCUT2D eigenvalue weighted by Gasteiger charge is -2.36. The molecular formula is C32H35N5O3. The molecule has 1 saturated heterocycles. The van der Waals surface area contributed by atoms with Crippen LogP contribution in [0.15, 0.2) is 77.8 Å². The molecule has 5 rings (SSSR count). The number of carbonyl (C=O) groups excluding carboxylic acids is 2. The van der Waals surface area contributed by atoms with Crippen LogP contribution >= 0.6 is 0 Å². The fourth-order valence-electron chi connectivity index (χ4n) is 5.43. The Hall–Kier alpha value is -4.43. The highest BCUT2D eigenvalue weighted by Crippen LogP contribution is 2.35. The second kappa shape index (κ2) is 11.4. The number of nitrogens with zero attached hydrogens (tertiary/aromatic N) is 3. The van der Waals surface area contributed by atoms with Crippen molar-refractivity contribution < 1.29 is 14.7 Å². The maximum atomic E-state index is 13.2. The minimum Gasteiger partial charge on any atom is -0.494 e. The number of aromatic hydroxyl groups is 1. The van der Waals surface area contributed by atoms with Gasteiger partial charge in [-0.1, -0.05) is 49.4 Å². The van der Waals surface area contributed by atoms with Gasteiger partial charge >= 0.3 is 6.03 Å². The van der Waals surface area contributed by atoms with Crippen molar-refractivity contribution in [2.75, 3.05) is 20.1 Å². The molecule has 2 heterocycles. The lowest BCUT2D eigenvalue weighted by atomic mass is 9.99. The van der Waals surface area contributed by atoms with E-state index in [1.54, 1.807) is 12.1 Å². The van der Waals surface area contributed by atoms with Crippen LogP contribution in [0.2, 0.25) is 0 Å². The molecule has 8 nitrogen and oxygen atoms in total. The summed E-state index contributed by atoms with van der Waals surface area (Å²) >= 11 is 0. The SMILES string of the molecule is CCc1ccc2c(C(=Nc3ccc(C(=O)N4CC(C)NC(C)C4)cc3)c3ccccc3)c(O)n(C(=O)NC)c2c1. The zero-order valence-electron chi connectivity index (χ0n) is 23.3. The van der Waals surface area contributed by atoms with Gasteiger partial charge in [-0.2, -0.15) is 0 Å². The molecule has 2 atom stereocenters. The second-order valence-corrected chi connectivity index (χ2v) is 10.3. The van der Waals surface area contributed by atoms with E-state index in [9.17, 15) is 14.7 Å². The number of nitrogens with one attached hydrogen (secondary N) is 2. The fraction of sp³-hybridized carbons (Fsp3) is 0.281. The zero-order chi connectivity index (χ0) is 28.4. The van der Waals surface area contributed by atoms with Crippen molar-refractivity contribution in [1.82, 2.24) is 20.1 Å². The lowest BCUT2D eigenvalue weighted by Crippen LogP contribution is -2.55. The summed E-state index contributed by atoms with van der Waals surface area (Å²) in [6, 6.07) is 22.7. The number of carbonyl (C=O) groups is 2. The molecule has 0 radical (unpaired) electrons. The van der Waals surface area contributed by atoms with Crippen LogP contribution in [-0.2, 0) is 6.42 Å². The highest BCUT2D eigenvalue weighted by atomic mass is 16.3. The Morgan fingerprint density at radius 3 is 2.27 bits per heavy atom. The molecule has 1 aliphatic heterocycles. The van der Waals surface area contributed by atoms with Gasteiger partial charge in [0.25, 0.3) is 5.91 Å². The van der Waals surface area contributed by atoms with E-state index in [1.165, 1.54) is 11.6 Å². The molecule has 40 heavy (non-hydrogen) atoms. The number of fused-ring (bicyclic) bond motifs is 1. The summed E-state index contributed by atoms with van der Waals surface area (Å²) in [5.74, 6) is -0.184. The first-order valence-corrected chi connectivity index (χ1v) is 13.7. The highest BCUT2D eigenvalue weighted by Gasteiger charge is 2.27. The van der Waals surface area contributed by atoms with Gasteiger partial charge in [0, 0.05) is 48.7 Å². The summed E-state index contributed by atoms with van der Waals surface area (Å²) in [5.41, 5.74) is 4.67. The standard InChI is InChI=1S/C32H35N5O3/c1-5-22-11-16-26-27(17-22)37(32(40)33-4)31(39)28(26)29(23-9-7-6-8-10-23)35-25-14-12-24(13-15-25)30(38)36-18-20(2)34-21(3)19-36/h6-17,20-21,34,39H,5,18-19H2,1-4H3,(H,33,40). The van der Waals surface area contributed by atoms with Crippen LogP contribution in [0, 0.1) is 0 Å². The van der Waals surface area contributed by atoms with Crippen molar-refractivity contribution in [1.29, 1.82) is 0 Å². The maximum absolute atomic E-state index is 13.2. The van der Waals surface area contributed by atoms with Gasteiger partial charge in [0.1, 0.15) is 0 Å². The van der Waals surface area contributed by atoms with Gasteiger partial charge in [0.15, 0.2) is 0 Å². The number of aliphatic imine (C=N–C) groups is 1. The number of hydrogen-bond donors (Lipinski definition) is 3. The monoisotopic (exact) mass is 537 g/mol. The van der Waals surface area contributed by atoms with Gasteiger partial charge in [0.05, 0.1) is 22.5 Å². The van der Waals surface area contributed by atoms with Crippen molar-refractivity contribution in [3.63, 3.8) is 0 Å². The Kier molecular flexibility index (Phi) is 7.71. The molecule has 206 valence electrons. The summed E-state index contributed by atoms with van der Waals surface area (Å²) in [6.07, 6.45) is 0.793. The van der Waals surface area contributed by atoms with Crippen molar-refractivity contribution in [2.45, 2.75) is 39.3 Å². The van der Waals surface area contributed by atoms with E-state index < -0.39 is 6.03 Å². The number of benzene rings is 3. The average molecular weight is 538 g/mol. The normalized spacial score (nSPS) is 17.7. The minimum atomic E-state index is -0.436. The van der Waals surface area contributed by atoms with Crippen LogP contribution in [-0.4, -0.2) is 64.4 Å². The van der Waals surface area contributed by atoms with Gasteiger partial charge in [-0.3, -0.25) is 4.79 Å². The third-order valence-corrected chi connectivity index (χ3v) is 7.32. The van der Waals surface area contributed by atoms with E-state index in [1.807, 2.05) is 72.5 Å². The largest absolute Gasteiger partial charge is 0.494 e. The Morgan fingerprint density at radius 2 is 1.65 bits per heavy atom. The van der Waals surface area contributed by atoms with Crippen LogP contribution in [0.3, 0.4) is 0 Å². The number of aromatic nitrogens is 1. The van der Waals surface area contributed by atoms with Crippen LogP contribution in [0.1, 0.15) is 47.8 Å². The summed E-state index contributed by atoms with van der Waals surface area (Å²) in [5, 5.41) is 18.3. The maximum Gasteiger partial charge on any atom is 0.328 e. The smallest absolute Gasteiger partial charge is 0.328 e. The van der Waals surface area contributed by atoms with Crippen LogP contribution in [0.25, 0.3) is 10.9 Å². The molecule has 3 aromatic carbocycles. The third-order valence-electron chi connectivity index (χ3n) is 7.32. The lowest BCUT2D eigenvalue weighted by molar-refractivity contribution is 0.0674. The molecule has 1 fully saturated rings. The molecule has 2 unspecified atom stereocenters. The molecule has 8 heteroatoms. The molecule has 1 aromatic heterocycles. The van der Waals surface area contributed by atoms with Gasteiger partial charge in [-0.15, -0.1) is 0 Å². The van der Waals surface area contributed by atoms with Crippen molar-refractivity contribution in [2.24, 2.45) is 4.99 Å². The summed E-state index contributed by atoms with van der Waals surface area (Å²) in [7, 11) is 1.54. The molecule has 0 saturated carbocycles. The highest BCUT2D eigenvalue weighted by molar-refractivity contribution is 6.23. The van der Waals surface area contributed by atoms with Crippen LogP contribution in [0.4, 0.5) is 10.5 Å².